The summed E-state index contributed by atoms with van der Waals surface area (Å²) in [5, 5.41) is 0. The smallest absolute Gasteiger partial charge is 0.272 e. The maximum Gasteiger partial charge on any atom is 0.272 e. The van der Waals surface area contributed by atoms with E-state index in [0.717, 1.165) is 18.2 Å². The summed E-state index contributed by atoms with van der Waals surface area (Å²) in [6.45, 7) is 2.82. The van der Waals surface area contributed by atoms with Gasteiger partial charge in [0, 0.05) is 38.0 Å². The van der Waals surface area contributed by atoms with Gasteiger partial charge in [-0.25, -0.2) is 4.98 Å². The lowest BCUT2D eigenvalue weighted by Crippen LogP contribution is -2.40. The van der Waals surface area contributed by atoms with Crippen LogP contribution in [-0.4, -0.2) is 45.6 Å². The second-order valence-electron chi connectivity index (χ2n) is 6.73. The highest BCUT2D eigenvalue weighted by atomic mass is 16.5. The molecule has 0 radical (unpaired) electrons. The summed E-state index contributed by atoms with van der Waals surface area (Å²) in [4.78, 5) is 23.4. The molecule has 4 rings (SSSR count). The Morgan fingerprint density at radius 3 is 2.92 bits per heavy atom. The minimum Gasteiger partial charge on any atom is -0.384 e. The van der Waals surface area contributed by atoms with E-state index in [9.17, 15) is 4.79 Å². The molecule has 1 fully saturated rings. The zero-order valence-corrected chi connectivity index (χ0v) is 13.9. The number of carbonyl (C=O) groups is 1. The molecular formula is C18H22N4O2. The van der Waals surface area contributed by atoms with Crippen LogP contribution in [0.15, 0.2) is 30.7 Å². The van der Waals surface area contributed by atoms with E-state index in [4.69, 9.17) is 4.74 Å². The third kappa shape index (κ3) is 2.94. The first-order valence-electron chi connectivity index (χ1n) is 8.49. The van der Waals surface area contributed by atoms with Gasteiger partial charge in [0.2, 0.25) is 0 Å². The average molecular weight is 326 g/mol. The number of amides is 1. The van der Waals surface area contributed by atoms with Gasteiger partial charge in [0.15, 0.2) is 0 Å². The summed E-state index contributed by atoms with van der Waals surface area (Å²) in [7, 11) is 1.71. The molecule has 0 bridgehead atoms. The molecule has 3 heterocycles. The van der Waals surface area contributed by atoms with Gasteiger partial charge in [0.05, 0.1) is 25.2 Å². The van der Waals surface area contributed by atoms with Crippen molar-refractivity contribution in [1.82, 2.24) is 19.4 Å². The number of hydrogen-bond acceptors (Lipinski definition) is 4. The number of ether oxygens (including phenoxy) is 1. The van der Waals surface area contributed by atoms with Gasteiger partial charge in [-0.3, -0.25) is 9.78 Å². The van der Waals surface area contributed by atoms with Gasteiger partial charge in [-0.2, -0.15) is 0 Å². The molecule has 1 aliphatic heterocycles. The second kappa shape index (κ2) is 6.36. The summed E-state index contributed by atoms with van der Waals surface area (Å²) >= 11 is 0. The van der Waals surface area contributed by atoms with Crippen LogP contribution in [0.25, 0.3) is 0 Å². The minimum absolute atomic E-state index is 0.0425. The SMILES string of the molecule is COCC1CN(C(=O)c2ccccn2)Cc2ncn(CC3CC3)c21. The predicted octanol–water partition coefficient (Wildman–Crippen LogP) is 2.07. The molecule has 1 saturated carbocycles. The van der Waals surface area contributed by atoms with Crippen molar-refractivity contribution in [1.29, 1.82) is 0 Å². The normalized spacial score (nSPS) is 20.0. The third-order valence-corrected chi connectivity index (χ3v) is 4.82. The summed E-state index contributed by atoms with van der Waals surface area (Å²) < 4.78 is 7.70. The van der Waals surface area contributed by atoms with Gasteiger partial charge in [-0.1, -0.05) is 6.07 Å². The zero-order valence-electron chi connectivity index (χ0n) is 13.9. The average Bonchev–Trinajstić information content (AvgIpc) is 3.34. The highest BCUT2D eigenvalue weighted by Crippen LogP contribution is 2.34. The molecule has 1 amide bonds. The maximum absolute atomic E-state index is 12.7. The Hall–Kier alpha value is -2.21. The molecule has 0 spiro atoms. The van der Waals surface area contributed by atoms with Gasteiger partial charge in [0.1, 0.15) is 5.69 Å². The molecule has 1 aliphatic carbocycles. The Balaban J connectivity index is 1.60. The predicted molar refractivity (Wildman–Crippen MR) is 88.5 cm³/mol. The van der Waals surface area contributed by atoms with E-state index in [1.54, 1.807) is 19.4 Å². The Bertz CT molecular complexity index is 724. The van der Waals surface area contributed by atoms with Crippen LogP contribution in [0.3, 0.4) is 0 Å². The van der Waals surface area contributed by atoms with E-state index in [2.05, 4.69) is 14.5 Å². The van der Waals surface area contributed by atoms with Gasteiger partial charge in [-0.15, -0.1) is 0 Å². The molecule has 2 aromatic heterocycles. The molecule has 24 heavy (non-hydrogen) atoms. The highest BCUT2D eigenvalue weighted by molar-refractivity contribution is 5.92. The third-order valence-electron chi connectivity index (χ3n) is 4.82. The van der Waals surface area contributed by atoms with Gasteiger partial charge in [-0.05, 0) is 30.9 Å². The van der Waals surface area contributed by atoms with Gasteiger partial charge < -0.3 is 14.2 Å². The molecule has 1 unspecified atom stereocenters. The van der Waals surface area contributed by atoms with Crippen molar-refractivity contribution in [3.8, 4) is 0 Å². The Kier molecular flexibility index (Phi) is 4.06. The monoisotopic (exact) mass is 326 g/mol. The van der Waals surface area contributed by atoms with Crippen LogP contribution in [0.4, 0.5) is 0 Å². The van der Waals surface area contributed by atoms with Crippen LogP contribution >= 0.6 is 0 Å². The minimum atomic E-state index is -0.0425. The number of rotatable bonds is 5. The number of fused-ring (bicyclic) bond motifs is 1. The van der Waals surface area contributed by atoms with E-state index in [1.165, 1.54) is 18.5 Å². The first-order chi connectivity index (χ1) is 11.8. The van der Waals surface area contributed by atoms with E-state index >= 15 is 0 Å². The van der Waals surface area contributed by atoms with Crippen molar-refractivity contribution < 1.29 is 9.53 Å². The number of aromatic nitrogens is 3. The van der Waals surface area contributed by atoms with Crippen LogP contribution in [0, 0.1) is 5.92 Å². The number of imidazole rings is 1. The number of carbonyl (C=O) groups excluding carboxylic acids is 1. The number of methoxy groups -OCH3 is 1. The lowest BCUT2D eigenvalue weighted by molar-refractivity contribution is 0.0666. The van der Waals surface area contributed by atoms with E-state index < -0.39 is 0 Å². The molecular weight excluding hydrogens is 304 g/mol. The molecule has 1 atom stereocenters. The Morgan fingerprint density at radius 1 is 1.33 bits per heavy atom. The lowest BCUT2D eigenvalue weighted by Gasteiger charge is -2.33. The largest absolute Gasteiger partial charge is 0.384 e. The maximum atomic E-state index is 12.7. The van der Waals surface area contributed by atoms with Crippen LogP contribution in [0.5, 0.6) is 0 Å². The van der Waals surface area contributed by atoms with E-state index in [0.29, 0.717) is 25.4 Å². The first kappa shape index (κ1) is 15.3. The van der Waals surface area contributed by atoms with Gasteiger partial charge in [0.25, 0.3) is 5.91 Å². The fourth-order valence-corrected chi connectivity index (χ4v) is 3.49. The molecule has 0 aromatic carbocycles. The summed E-state index contributed by atoms with van der Waals surface area (Å²) in [6.07, 6.45) is 6.21. The van der Waals surface area contributed by atoms with Crippen LogP contribution in [0.2, 0.25) is 0 Å². The number of pyridine rings is 1. The van der Waals surface area contributed by atoms with Crippen molar-refractivity contribution in [3.63, 3.8) is 0 Å². The number of hydrogen-bond donors (Lipinski definition) is 0. The zero-order chi connectivity index (χ0) is 16.5. The van der Waals surface area contributed by atoms with Crippen molar-refractivity contribution in [2.24, 2.45) is 5.92 Å². The van der Waals surface area contributed by atoms with Gasteiger partial charge >= 0.3 is 0 Å². The molecule has 126 valence electrons. The molecule has 0 N–H and O–H groups in total. The fraction of sp³-hybridized carbons (Fsp3) is 0.500. The van der Waals surface area contributed by atoms with Crippen LogP contribution < -0.4 is 0 Å². The lowest BCUT2D eigenvalue weighted by atomic mass is 9.98. The molecule has 2 aromatic rings. The number of nitrogens with zero attached hydrogens (tertiary/aromatic N) is 4. The van der Waals surface area contributed by atoms with Crippen LogP contribution in [-0.2, 0) is 17.8 Å². The Morgan fingerprint density at radius 2 is 2.21 bits per heavy atom. The fourth-order valence-electron chi connectivity index (χ4n) is 3.49. The van der Waals surface area contributed by atoms with Crippen molar-refractivity contribution in [2.45, 2.75) is 31.8 Å². The van der Waals surface area contributed by atoms with E-state index in [-0.39, 0.29) is 11.8 Å². The quantitative estimate of drug-likeness (QED) is 0.844. The molecule has 6 heteroatoms. The summed E-state index contributed by atoms with van der Waals surface area (Å²) in [5.74, 6) is 0.909. The van der Waals surface area contributed by atoms with Crippen molar-refractivity contribution in [3.05, 3.63) is 47.8 Å². The standard InChI is InChI=1S/C18H22N4O2/c1-24-11-14-9-21(18(23)15-4-2-3-7-19-15)10-16-17(14)22(12-20-16)8-13-5-6-13/h2-4,7,12-14H,5-6,8-11H2,1H3. The molecule has 2 aliphatic rings. The topological polar surface area (TPSA) is 60.2 Å². The van der Waals surface area contributed by atoms with Crippen molar-refractivity contribution >= 4 is 5.91 Å². The van der Waals surface area contributed by atoms with Crippen molar-refractivity contribution in [2.75, 3.05) is 20.3 Å². The summed E-state index contributed by atoms with van der Waals surface area (Å²) in [5.41, 5.74) is 2.72. The first-order valence-corrected chi connectivity index (χ1v) is 8.49. The highest BCUT2D eigenvalue weighted by Gasteiger charge is 2.34. The van der Waals surface area contributed by atoms with E-state index in [1.807, 2.05) is 23.4 Å². The molecule has 0 saturated heterocycles. The Labute approximate surface area is 141 Å². The second-order valence-corrected chi connectivity index (χ2v) is 6.73. The molecule has 6 nitrogen and oxygen atoms in total. The van der Waals surface area contributed by atoms with Crippen LogP contribution in [0.1, 0.15) is 40.6 Å². The summed E-state index contributed by atoms with van der Waals surface area (Å²) in [6, 6.07) is 5.42.